The van der Waals surface area contributed by atoms with Gasteiger partial charge in [0.25, 0.3) is 0 Å². The molecular weight excluding hydrogens is 415 g/mol. The normalized spacial score (nSPS) is 13.7. The summed E-state index contributed by atoms with van der Waals surface area (Å²) < 4.78 is 4.49. The number of nitrogens with zero attached hydrogens (tertiary/aromatic N) is 5. The van der Waals surface area contributed by atoms with E-state index in [1.807, 2.05) is 0 Å². The first kappa shape index (κ1) is 19.7. The average molecular weight is 435 g/mol. The number of amides is 1. The van der Waals surface area contributed by atoms with Crippen LogP contribution in [0.4, 0.5) is 5.82 Å². The number of fused-ring (bicyclic) bond motifs is 1. The Morgan fingerprint density at radius 1 is 1.10 bits per heavy atom. The number of aromatic nitrogens is 5. The number of hydrogen-bond donors (Lipinski definition) is 1. The molecule has 3 aromatic rings. The Morgan fingerprint density at radius 2 is 1.90 bits per heavy atom. The molecule has 0 bridgehead atoms. The van der Waals surface area contributed by atoms with Crippen LogP contribution in [0, 0.1) is 0 Å². The van der Waals surface area contributed by atoms with Gasteiger partial charge in [0, 0.05) is 34.6 Å². The van der Waals surface area contributed by atoms with Gasteiger partial charge in [0.1, 0.15) is 18.2 Å². The first-order valence-corrected chi connectivity index (χ1v) is 10.2. The first-order valence-electron chi connectivity index (χ1n) is 9.44. The second-order valence-electron chi connectivity index (χ2n) is 6.94. The Balaban J connectivity index is 1.48. The molecule has 0 saturated carbocycles. The minimum Gasteiger partial charge on any atom is -0.309 e. The number of benzene rings is 1. The summed E-state index contributed by atoms with van der Waals surface area (Å²) in [6, 6.07) is 6.94. The molecule has 4 rings (SSSR count). The molecule has 1 aliphatic heterocycles. The van der Waals surface area contributed by atoms with E-state index in [9.17, 15) is 9.59 Å². The SMILES string of the molecule is O=C(Cn1nc2n(c1=O)CCCCC2)Nc1ccnn1Cc1c(Cl)cccc1Cl. The number of hydrogen-bond acceptors (Lipinski definition) is 4. The van der Waals surface area contributed by atoms with Crippen LogP contribution >= 0.6 is 23.2 Å². The summed E-state index contributed by atoms with van der Waals surface area (Å²) in [4.78, 5) is 25.1. The van der Waals surface area contributed by atoms with Crippen molar-refractivity contribution in [2.75, 3.05) is 5.32 Å². The van der Waals surface area contributed by atoms with E-state index in [-0.39, 0.29) is 18.1 Å². The summed E-state index contributed by atoms with van der Waals surface area (Å²) in [5.41, 5.74) is 0.470. The molecule has 0 unspecified atom stereocenters. The van der Waals surface area contributed by atoms with E-state index in [2.05, 4.69) is 15.5 Å². The molecule has 29 heavy (non-hydrogen) atoms. The summed E-state index contributed by atoms with van der Waals surface area (Å²) >= 11 is 12.5. The number of carbonyl (C=O) groups is 1. The zero-order valence-corrected chi connectivity index (χ0v) is 17.2. The van der Waals surface area contributed by atoms with Crippen molar-refractivity contribution in [3.8, 4) is 0 Å². The molecule has 8 nitrogen and oxygen atoms in total. The third-order valence-corrected chi connectivity index (χ3v) is 5.64. The van der Waals surface area contributed by atoms with Gasteiger partial charge in [-0.15, -0.1) is 0 Å². The fraction of sp³-hybridized carbons (Fsp3) is 0.368. The van der Waals surface area contributed by atoms with E-state index in [1.54, 1.807) is 39.7 Å². The van der Waals surface area contributed by atoms with E-state index in [4.69, 9.17) is 23.2 Å². The first-order chi connectivity index (χ1) is 14.0. The van der Waals surface area contributed by atoms with Gasteiger partial charge in [-0.2, -0.15) is 10.2 Å². The zero-order valence-electron chi connectivity index (χ0n) is 15.6. The van der Waals surface area contributed by atoms with Crippen LogP contribution in [0.15, 0.2) is 35.3 Å². The minimum atomic E-state index is -0.354. The molecule has 3 heterocycles. The summed E-state index contributed by atoms with van der Waals surface area (Å²) in [5, 5.41) is 12.4. The molecule has 1 N–H and O–H groups in total. The topological polar surface area (TPSA) is 86.7 Å². The highest BCUT2D eigenvalue weighted by molar-refractivity contribution is 6.35. The number of aryl methyl sites for hydroxylation is 1. The van der Waals surface area contributed by atoms with Crippen LogP contribution < -0.4 is 11.0 Å². The Hall–Kier alpha value is -2.58. The highest BCUT2D eigenvalue weighted by Gasteiger charge is 2.18. The van der Waals surface area contributed by atoms with Crippen LogP contribution in [0.2, 0.25) is 10.0 Å². The van der Waals surface area contributed by atoms with Crippen LogP contribution in [-0.2, 0) is 30.8 Å². The lowest BCUT2D eigenvalue weighted by Gasteiger charge is -2.11. The molecule has 0 aliphatic carbocycles. The number of rotatable bonds is 5. The van der Waals surface area contributed by atoms with Crippen LogP contribution in [0.3, 0.4) is 0 Å². The van der Waals surface area contributed by atoms with Crippen molar-refractivity contribution in [2.24, 2.45) is 0 Å². The minimum absolute atomic E-state index is 0.156. The molecule has 10 heteroatoms. The van der Waals surface area contributed by atoms with Crippen molar-refractivity contribution in [1.82, 2.24) is 24.1 Å². The Bertz CT molecular complexity index is 1080. The van der Waals surface area contributed by atoms with Gasteiger partial charge in [-0.3, -0.25) is 9.36 Å². The van der Waals surface area contributed by atoms with E-state index in [0.717, 1.165) is 31.5 Å². The largest absolute Gasteiger partial charge is 0.346 e. The lowest BCUT2D eigenvalue weighted by molar-refractivity contribution is -0.117. The van der Waals surface area contributed by atoms with Gasteiger partial charge < -0.3 is 5.32 Å². The standard InChI is InChI=1S/C19H20Cl2N6O2/c20-14-5-4-6-15(21)13(14)11-26-16(8-9-22-26)23-18(28)12-27-19(29)25-10-3-1-2-7-17(25)24-27/h4-6,8-9H,1-3,7,10-12H2,(H,23,28). The maximum atomic E-state index is 12.5. The third kappa shape index (κ3) is 4.23. The van der Waals surface area contributed by atoms with Crippen LogP contribution in [0.25, 0.3) is 0 Å². The summed E-state index contributed by atoms with van der Waals surface area (Å²) in [6.07, 6.45) is 5.38. The van der Waals surface area contributed by atoms with E-state index in [0.29, 0.717) is 34.5 Å². The van der Waals surface area contributed by atoms with Crippen molar-refractivity contribution in [1.29, 1.82) is 0 Å². The Morgan fingerprint density at radius 3 is 2.69 bits per heavy atom. The molecule has 0 spiro atoms. The van der Waals surface area contributed by atoms with E-state index < -0.39 is 0 Å². The Kier molecular flexibility index (Phi) is 5.73. The van der Waals surface area contributed by atoms with Crippen molar-refractivity contribution in [3.63, 3.8) is 0 Å². The van der Waals surface area contributed by atoms with Crippen molar-refractivity contribution < 1.29 is 4.79 Å². The van der Waals surface area contributed by atoms with Crippen molar-refractivity contribution in [3.05, 3.63) is 62.4 Å². The maximum absolute atomic E-state index is 12.5. The van der Waals surface area contributed by atoms with Gasteiger partial charge in [-0.1, -0.05) is 35.7 Å². The predicted octanol–water partition coefficient (Wildman–Crippen LogP) is 2.96. The third-order valence-electron chi connectivity index (χ3n) is 4.93. The van der Waals surface area contributed by atoms with Gasteiger partial charge >= 0.3 is 5.69 Å². The monoisotopic (exact) mass is 434 g/mol. The van der Waals surface area contributed by atoms with Crippen molar-refractivity contribution >= 4 is 34.9 Å². The lowest BCUT2D eigenvalue weighted by Crippen LogP contribution is -2.30. The summed E-state index contributed by atoms with van der Waals surface area (Å²) in [5.74, 6) is 0.880. The van der Waals surface area contributed by atoms with E-state index >= 15 is 0 Å². The molecule has 0 atom stereocenters. The van der Waals surface area contributed by atoms with Gasteiger partial charge in [0.2, 0.25) is 5.91 Å². The molecule has 1 aliphatic rings. The number of nitrogens with one attached hydrogen (secondary N) is 1. The highest BCUT2D eigenvalue weighted by atomic mass is 35.5. The number of carbonyl (C=O) groups excluding carboxylic acids is 1. The quantitative estimate of drug-likeness (QED) is 0.668. The fourth-order valence-corrected chi connectivity index (χ4v) is 3.96. The van der Waals surface area contributed by atoms with Gasteiger partial charge in [-0.25, -0.2) is 14.2 Å². The van der Waals surface area contributed by atoms with Crippen LogP contribution in [-0.4, -0.2) is 30.0 Å². The number of halogens is 2. The fourth-order valence-electron chi connectivity index (χ4n) is 3.44. The number of anilines is 1. The van der Waals surface area contributed by atoms with Crippen LogP contribution in [0.5, 0.6) is 0 Å². The highest BCUT2D eigenvalue weighted by Crippen LogP contribution is 2.26. The van der Waals surface area contributed by atoms with Gasteiger partial charge in [0.05, 0.1) is 12.7 Å². The van der Waals surface area contributed by atoms with Gasteiger partial charge in [0.15, 0.2) is 0 Å². The maximum Gasteiger partial charge on any atom is 0.346 e. The molecule has 1 aromatic carbocycles. The van der Waals surface area contributed by atoms with Crippen LogP contribution in [0.1, 0.15) is 30.7 Å². The molecule has 2 aromatic heterocycles. The van der Waals surface area contributed by atoms with Gasteiger partial charge in [-0.05, 0) is 25.0 Å². The molecule has 0 fully saturated rings. The van der Waals surface area contributed by atoms with Crippen molar-refractivity contribution in [2.45, 2.75) is 45.3 Å². The predicted molar refractivity (Wildman–Crippen MR) is 110 cm³/mol. The second-order valence-corrected chi connectivity index (χ2v) is 7.76. The molecule has 0 radical (unpaired) electrons. The zero-order chi connectivity index (χ0) is 20.4. The summed E-state index contributed by atoms with van der Waals surface area (Å²) in [6.45, 7) is 0.803. The molecule has 0 saturated heterocycles. The Labute approximate surface area is 177 Å². The van der Waals surface area contributed by atoms with E-state index in [1.165, 1.54) is 4.68 Å². The smallest absolute Gasteiger partial charge is 0.309 e. The molecule has 152 valence electrons. The molecule has 1 amide bonds. The second kappa shape index (κ2) is 8.42. The molecular formula is C19H20Cl2N6O2. The average Bonchev–Trinajstić information content (AvgIpc) is 3.13. The summed E-state index contributed by atoms with van der Waals surface area (Å²) in [7, 11) is 0. The lowest BCUT2D eigenvalue weighted by atomic mass is 10.2.